The number of aromatic nitrogens is 3. The SMILES string of the molecule is O=C(Nc1ccc(SC(CCn2nnc3ccccc3c2=O)C(=O)O)cc1)c1ccc(Cl)cc1. The van der Waals surface area contributed by atoms with Crippen molar-refractivity contribution in [2.24, 2.45) is 0 Å². The van der Waals surface area contributed by atoms with Gasteiger partial charge in [0.05, 0.1) is 5.39 Å². The highest BCUT2D eigenvalue weighted by Gasteiger charge is 2.20. The quantitative estimate of drug-likeness (QED) is 0.350. The Morgan fingerprint density at radius 2 is 1.74 bits per heavy atom. The molecule has 0 spiro atoms. The van der Waals surface area contributed by atoms with E-state index < -0.39 is 11.2 Å². The lowest BCUT2D eigenvalue weighted by atomic mass is 10.2. The van der Waals surface area contributed by atoms with Crippen LogP contribution in [-0.2, 0) is 11.3 Å². The number of aryl methyl sites for hydroxylation is 1. The first-order chi connectivity index (χ1) is 16.4. The summed E-state index contributed by atoms with van der Waals surface area (Å²) in [5.74, 6) is -1.27. The second-order valence-corrected chi connectivity index (χ2v) is 9.07. The van der Waals surface area contributed by atoms with Crippen LogP contribution in [0.2, 0.25) is 5.02 Å². The van der Waals surface area contributed by atoms with Gasteiger partial charge in [0.15, 0.2) is 0 Å². The molecular formula is C24H19ClN4O4S. The van der Waals surface area contributed by atoms with Gasteiger partial charge in [0.2, 0.25) is 0 Å². The molecule has 0 fully saturated rings. The second-order valence-electron chi connectivity index (χ2n) is 7.35. The number of carbonyl (C=O) groups is 2. The number of anilines is 1. The summed E-state index contributed by atoms with van der Waals surface area (Å²) in [6.07, 6.45) is 0.183. The van der Waals surface area contributed by atoms with Gasteiger partial charge in [-0.2, -0.15) is 0 Å². The molecule has 172 valence electrons. The molecule has 0 aliphatic rings. The molecule has 4 rings (SSSR count). The first-order valence-electron chi connectivity index (χ1n) is 10.3. The Morgan fingerprint density at radius 1 is 1.03 bits per heavy atom. The monoisotopic (exact) mass is 494 g/mol. The van der Waals surface area contributed by atoms with Gasteiger partial charge in [0, 0.05) is 27.7 Å². The van der Waals surface area contributed by atoms with Gasteiger partial charge in [-0.05, 0) is 67.1 Å². The van der Waals surface area contributed by atoms with Gasteiger partial charge in [-0.1, -0.05) is 28.9 Å². The minimum atomic E-state index is -0.994. The van der Waals surface area contributed by atoms with Crippen LogP contribution in [0.15, 0.2) is 82.5 Å². The fourth-order valence-corrected chi connectivity index (χ4v) is 4.30. The summed E-state index contributed by atoms with van der Waals surface area (Å²) in [6, 6.07) is 20.3. The molecule has 0 bridgehead atoms. The second kappa shape index (κ2) is 10.5. The van der Waals surface area contributed by atoms with Gasteiger partial charge in [0.1, 0.15) is 10.8 Å². The Balaban J connectivity index is 1.39. The minimum absolute atomic E-state index is 0.121. The Hall–Kier alpha value is -3.69. The molecule has 0 radical (unpaired) electrons. The summed E-state index contributed by atoms with van der Waals surface area (Å²) in [4.78, 5) is 37.4. The molecule has 8 nitrogen and oxygen atoms in total. The smallest absolute Gasteiger partial charge is 0.317 e. The van der Waals surface area contributed by atoms with E-state index in [9.17, 15) is 19.5 Å². The molecule has 1 atom stereocenters. The highest BCUT2D eigenvalue weighted by molar-refractivity contribution is 8.00. The molecule has 1 aromatic heterocycles. The number of amides is 1. The largest absolute Gasteiger partial charge is 0.480 e. The van der Waals surface area contributed by atoms with Gasteiger partial charge < -0.3 is 10.4 Å². The van der Waals surface area contributed by atoms with E-state index in [1.165, 1.54) is 4.68 Å². The number of carbonyl (C=O) groups excluding carboxylic acids is 1. The number of nitrogens with one attached hydrogen (secondary N) is 1. The molecule has 0 aliphatic heterocycles. The third-order valence-corrected chi connectivity index (χ3v) is 6.52. The maximum absolute atomic E-state index is 12.6. The predicted molar refractivity (Wildman–Crippen MR) is 132 cm³/mol. The number of fused-ring (bicyclic) bond motifs is 1. The number of benzene rings is 3. The lowest BCUT2D eigenvalue weighted by molar-refractivity contribution is -0.136. The number of thioether (sulfide) groups is 1. The fraction of sp³-hybridized carbons (Fsp3) is 0.125. The molecule has 34 heavy (non-hydrogen) atoms. The standard InChI is InChI=1S/C24H19ClN4O4S/c25-16-7-5-15(6-8-16)22(30)26-17-9-11-18(12-10-17)34-21(24(32)33)13-14-29-23(31)19-3-1-2-4-20(19)27-28-29/h1-12,21H,13-14H2,(H,26,30)(H,32,33). The third kappa shape index (κ3) is 5.62. The van der Waals surface area contributed by atoms with Crippen molar-refractivity contribution in [2.75, 3.05) is 5.32 Å². The van der Waals surface area contributed by atoms with Crippen molar-refractivity contribution in [3.05, 3.63) is 93.7 Å². The molecule has 2 N–H and O–H groups in total. The van der Waals surface area contributed by atoms with Gasteiger partial charge in [-0.3, -0.25) is 14.4 Å². The molecular weight excluding hydrogens is 476 g/mol. The first-order valence-corrected chi connectivity index (χ1v) is 11.6. The maximum Gasteiger partial charge on any atom is 0.317 e. The van der Waals surface area contributed by atoms with Crippen LogP contribution in [0.25, 0.3) is 10.9 Å². The van der Waals surface area contributed by atoms with Crippen LogP contribution in [-0.4, -0.2) is 37.2 Å². The number of rotatable bonds is 8. The van der Waals surface area contributed by atoms with Crippen molar-refractivity contribution in [1.82, 2.24) is 15.0 Å². The maximum atomic E-state index is 12.6. The highest BCUT2D eigenvalue weighted by atomic mass is 35.5. The number of halogens is 1. The normalized spacial score (nSPS) is 11.8. The molecule has 0 saturated carbocycles. The average Bonchev–Trinajstić information content (AvgIpc) is 2.84. The molecule has 10 heteroatoms. The predicted octanol–water partition coefficient (Wildman–Crippen LogP) is 4.33. The Morgan fingerprint density at radius 3 is 2.44 bits per heavy atom. The number of nitrogens with zero attached hydrogens (tertiary/aromatic N) is 3. The first kappa shape index (κ1) is 23.5. The van der Waals surface area contributed by atoms with E-state index in [0.717, 1.165) is 11.8 Å². The third-order valence-electron chi connectivity index (χ3n) is 5.00. The summed E-state index contributed by atoms with van der Waals surface area (Å²) < 4.78 is 1.19. The van der Waals surface area contributed by atoms with E-state index in [1.807, 2.05) is 0 Å². The van der Waals surface area contributed by atoms with E-state index >= 15 is 0 Å². The molecule has 0 aliphatic carbocycles. The summed E-state index contributed by atoms with van der Waals surface area (Å²) in [5.41, 5.74) is 1.24. The van der Waals surface area contributed by atoms with E-state index in [2.05, 4.69) is 15.6 Å². The van der Waals surface area contributed by atoms with Crippen molar-refractivity contribution in [1.29, 1.82) is 0 Å². The van der Waals surface area contributed by atoms with Crippen LogP contribution in [0.1, 0.15) is 16.8 Å². The van der Waals surface area contributed by atoms with Crippen LogP contribution in [0.3, 0.4) is 0 Å². The van der Waals surface area contributed by atoms with E-state index in [-0.39, 0.29) is 24.4 Å². The Labute approximate surface area is 203 Å². The molecule has 4 aromatic rings. The number of carboxylic acid groups (broad SMARTS) is 1. The van der Waals surface area contributed by atoms with Crippen molar-refractivity contribution >= 4 is 51.8 Å². The zero-order valence-electron chi connectivity index (χ0n) is 17.7. The molecule has 0 saturated heterocycles. The van der Waals surface area contributed by atoms with E-state index in [4.69, 9.17) is 11.6 Å². The summed E-state index contributed by atoms with van der Waals surface area (Å²) in [7, 11) is 0. The van der Waals surface area contributed by atoms with Crippen molar-refractivity contribution in [3.8, 4) is 0 Å². The van der Waals surface area contributed by atoms with Crippen LogP contribution < -0.4 is 10.9 Å². The average molecular weight is 495 g/mol. The molecule has 1 amide bonds. The molecule has 1 heterocycles. The highest BCUT2D eigenvalue weighted by Crippen LogP contribution is 2.27. The summed E-state index contributed by atoms with van der Waals surface area (Å²) in [5, 5.41) is 20.6. The minimum Gasteiger partial charge on any atom is -0.480 e. The van der Waals surface area contributed by atoms with Crippen molar-refractivity contribution in [3.63, 3.8) is 0 Å². The summed E-state index contributed by atoms with van der Waals surface area (Å²) >= 11 is 7.01. The Kier molecular flexibility index (Phi) is 7.24. The number of hydrogen-bond acceptors (Lipinski definition) is 6. The van der Waals surface area contributed by atoms with Crippen molar-refractivity contribution in [2.45, 2.75) is 23.1 Å². The van der Waals surface area contributed by atoms with Gasteiger partial charge in [-0.15, -0.1) is 16.9 Å². The summed E-state index contributed by atoms with van der Waals surface area (Å²) in [6.45, 7) is 0.121. The van der Waals surface area contributed by atoms with Crippen LogP contribution in [0.4, 0.5) is 5.69 Å². The van der Waals surface area contributed by atoms with Gasteiger partial charge in [0.25, 0.3) is 11.5 Å². The topological polar surface area (TPSA) is 114 Å². The lowest BCUT2D eigenvalue weighted by Gasteiger charge is -2.13. The fourth-order valence-electron chi connectivity index (χ4n) is 3.23. The number of hydrogen-bond donors (Lipinski definition) is 2. The van der Waals surface area contributed by atoms with Crippen LogP contribution in [0, 0.1) is 0 Å². The van der Waals surface area contributed by atoms with E-state index in [1.54, 1.807) is 72.8 Å². The van der Waals surface area contributed by atoms with Crippen molar-refractivity contribution < 1.29 is 14.7 Å². The van der Waals surface area contributed by atoms with Crippen LogP contribution in [0.5, 0.6) is 0 Å². The van der Waals surface area contributed by atoms with Gasteiger partial charge >= 0.3 is 5.97 Å². The molecule has 1 unspecified atom stereocenters. The number of aliphatic carboxylic acids is 1. The van der Waals surface area contributed by atoms with Crippen LogP contribution >= 0.6 is 23.4 Å². The zero-order chi connectivity index (χ0) is 24.1. The lowest BCUT2D eigenvalue weighted by Crippen LogP contribution is -2.27. The number of carboxylic acids is 1. The Bertz CT molecular complexity index is 1390. The zero-order valence-corrected chi connectivity index (χ0v) is 19.3. The van der Waals surface area contributed by atoms with E-state index in [0.29, 0.717) is 32.1 Å². The molecule has 3 aromatic carbocycles. The van der Waals surface area contributed by atoms with Gasteiger partial charge in [-0.25, -0.2) is 4.68 Å².